The van der Waals surface area contributed by atoms with Gasteiger partial charge in [-0.3, -0.25) is 4.79 Å². The number of carbonyl (C=O) groups excluding carboxylic acids is 1. The van der Waals surface area contributed by atoms with Gasteiger partial charge in [0.05, 0.1) is 6.61 Å². The van der Waals surface area contributed by atoms with Crippen LogP contribution in [-0.2, 0) is 4.79 Å². The van der Waals surface area contributed by atoms with E-state index in [4.69, 9.17) is 5.11 Å². The van der Waals surface area contributed by atoms with Crippen LogP contribution < -0.4 is 0 Å². The van der Waals surface area contributed by atoms with Crippen molar-refractivity contribution in [2.24, 2.45) is 5.92 Å². The molecule has 1 aromatic carbocycles. The minimum atomic E-state index is -0.233. The van der Waals surface area contributed by atoms with Crippen LogP contribution in [0.4, 0.5) is 4.39 Å². The Bertz CT molecular complexity index is 436. The van der Waals surface area contributed by atoms with E-state index in [0.29, 0.717) is 25.1 Å². The Morgan fingerprint density at radius 1 is 1.50 bits per heavy atom. The van der Waals surface area contributed by atoms with Gasteiger partial charge in [-0.15, -0.1) is 0 Å². The van der Waals surface area contributed by atoms with E-state index in [1.165, 1.54) is 6.07 Å². The van der Waals surface area contributed by atoms with Crippen molar-refractivity contribution < 1.29 is 14.3 Å². The first kappa shape index (κ1) is 13.0. The highest BCUT2D eigenvalue weighted by atomic mass is 19.1. The van der Waals surface area contributed by atoms with Gasteiger partial charge in [0.25, 0.3) is 0 Å². The summed E-state index contributed by atoms with van der Waals surface area (Å²) in [7, 11) is 0. The molecule has 4 heteroatoms. The predicted octanol–water partition coefficient (Wildman–Crippen LogP) is 1.77. The summed E-state index contributed by atoms with van der Waals surface area (Å²) < 4.78 is 13.6. The third-order valence-corrected chi connectivity index (χ3v) is 3.48. The van der Waals surface area contributed by atoms with E-state index in [2.05, 4.69) is 0 Å². The zero-order valence-electron chi connectivity index (χ0n) is 10.5. The maximum absolute atomic E-state index is 13.6. The molecular formula is C14H18FNO2. The summed E-state index contributed by atoms with van der Waals surface area (Å²) in [6, 6.07) is 6.63. The van der Waals surface area contributed by atoms with Crippen molar-refractivity contribution in [2.75, 3.05) is 19.7 Å². The van der Waals surface area contributed by atoms with Crippen LogP contribution in [-0.4, -0.2) is 35.6 Å². The van der Waals surface area contributed by atoms with E-state index < -0.39 is 0 Å². The number of amides is 1. The highest BCUT2D eigenvalue weighted by molar-refractivity contribution is 5.83. The Morgan fingerprint density at radius 2 is 2.22 bits per heavy atom. The molecule has 0 radical (unpaired) electrons. The summed E-state index contributed by atoms with van der Waals surface area (Å²) in [6.45, 7) is 2.79. The van der Waals surface area contributed by atoms with Gasteiger partial charge in [-0.25, -0.2) is 4.39 Å². The first-order chi connectivity index (χ1) is 8.69. The smallest absolute Gasteiger partial charge is 0.226 e. The third-order valence-electron chi connectivity index (χ3n) is 3.48. The summed E-state index contributed by atoms with van der Waals surface area (Å²) in [4.78, 5) is 13.7. The molecule has 0 spiro atoms. The summed E-state index contributed by atoms with van der Waals surface area (Å²) in [5.74, 6) is -0.317. The summed E-state index contributed by atoms with van der Waals surface area (Å²) >= 11 is 0. The fraction of sp³-hybridized carbons (Fsp3) is 0.500. The van der Waals surface area contributed by atoms with Crippen LogP contribution in [0.3, 0.4) is 0 Å². The van der Waals surface area contributed by atoms with Crippen molar-refractivity contribution in [2.45, 2.75) is 19.3 Å². The normalized spacial score (nSPS) is 21.7. The number of benzene rings is 1. The number of hydrogen-bond acceptors (Lipinski definition) is 2. The highest BCUT2D eigenvalue weighted by Gasteiger charge is 2.46. The predicted molar refractivity (Wildman–Crippen MR) is 66.6 cm³/mol. The zero-order valence-corrected chi connectivity index (χ0v) is 10.5. The SMILES string of the molecule is CCN(CCO)C(=O)C1CC1c1ccccc1F. The van der Waals surface area contributed by atoms with Gasteiger partial charge in [0.2, 0.25) is 5.91 Å². The number of halogens is 1. The van der Waals surface area contributed by atoms with Gasteiger partial charge in [0, 0.05) is 19.0 Å². The second-order valence-corrected chi connectivity index (χ2v) is 4.61. The minimum Gasteiger partial charge on any atom is -0.395 e. The number of hydrogen-bond donors (Lipinski definition) is 1. The van der Waals surface area contributed by atoms with Crippen molar-refractivity contribution in [3.05, 3.63) is 35.6 Å². The number of aliphatic hydroxyl groups is 1. The summed E-state index contributed by atoms with van der Waals surface area (Å²) in [5.41, 5.74) is 0.635. The lowest BCUT2D eigenvalue weighted by Gasteiger charge is -2.19. The lowest BCUT2D eigenvalue weighted by molar-refractivity contribution is -0.133. The summed E-state index contributed by atoms with van der Waals surface area (Å²) in [5, 5.41) is 8.89. The van der Waals surface area contributed by atoms with Gasteiger partial charge >= 0.3 is 0 Å². The average molecular weight is 251 g/mol. The van der Waals surface area contributed by atoms with E-state index in [-0.39, 0.29) is 30.2 Å². The van der Waals surface area contributed by atoms with Crippen molar-refractivity contribution >= 4 is 5.91 Å². The molecule has 1 saturated carbocycles. The maximum atomic E-state index is 13.6. The van der Waals surface area contributed by atoms with Gasteiger partial charge in [-0.05, 0) is 30.9 Å². The lowest BCUT2D eigenvalue weighted by Crippen LogP contribution is -2.34. The molecule has 0 saturated heterocycles. The fourth-order valence-corrected chi connectivity index (χ4v) is 2.37. The van der Waals surface area contributed by atoms with Crippen LogP contribution in [0.15, 0.2) is 24.3 Å². The van der Waals surface area contributed by atoms with Crippen LogP contribution in [0.5, 0.6) is 0 Å². The largest absolute Gasteiger partial charge is 0.395 e. The van der Waals surface area contributed by atoms with Crippen LogP contribution in [0.2, 0.25) is 0 Å². The number of carbonyl (C=O) groups is 1. The lowest BCUT2D eigenvalue weighted by atomic mass is 10.1. The first-order valence-corrected chi connectivity index (χ1v) is 6.33. The number of nitrogens with zero attached hydrogens (tertiary/aromatic N) is 1. The molecular weight excluding hydrogens is 233 g/mol. The molecule has 98 valence electrons. The molecule has 2 atom stereocenters. The van der Waals surface area contributed by atoms with Crippen LogP contribution in [0.1, 0.15) is 24.8 Å². The van der Waals surface area contributed by atoms with Gasteiger partial charge in [0.15, 0.2) is 0 Å². The van der Waals surface area contributed by atoms with Crippen LogP contribution >= 0.6 is 0 Å². The molecule has 0 aromatic heterocycles. The first-order valence-electron chi connectivity index (χ1n) is 6.33. The Morgan fingerprint density at radius 3 is 2.83 bits per heavy atom. The van der Waals surface area contributed by atoms with Gasteiger partial charge in [-0.2, -0.15) is 0 Å². The molecule has 1 N–H and O–H groups in total. The third kappa shape index (κ3) is 2.53. The van der Waals surface area contributed by atoms with Crippen LogP contribution in [0, 0.1) is 11.7 Å². The molecule has 1 aliphatic rings. The van der Waals surface area contributed by atoms with Crippen molar-refractivity contribution in [1.82, 2.24) is 4.90 Å². The number of rotatable bonds is 5. The zero-order chi connectivity index (χ0) is 13.1. The standard InChI is InChI=1S/C14H18FNO2/c1-2-16(7-8-17)14(18)12-9-11(12)10-5-3-4-6-13(10)15/h3-6,11-12,17H,2,7-9H2,1H3. The van der Waals surface area contributed by atoms with Crippen molar-refractivity contribution in [3.63, 3.8) is 0 Å². The molecule has 18 heavy (non-hydrogen) atoms. The second-order valence-electron chi connectivity index (χ2n) is 4.61. The molecule has 1 aromatic rings. The average Bonchev–Trinajstić information content (AvgIpc) is 3.16. The van der Waals surface area contributed by atoms with E-state index in [1.807, 2.05) is 6.92 Å². The summed E-state index contributed by atoms with van der Waals surface area (Å²) in [6.07, 6.45) is 0.710. The highest BCUT2D eigenvalue weighted by Crippen LogP contribution is 2.49. The van der Waals surface area contributed by atoms with E-state index in [0.717, 1.165) is 0 Å². The second kappa shape index (κ2) is 5.48. The Kier molecular flexibility index (Phi) is 3.97. The molecule has 0 bridgehead atoms. The van der Waals surface area contributed by atoms with Crippen molar-refractivity contribution in [1.29, 1.82) is 0 Å². The Hall–Kier alpha value is -1.42. The molecule has 1 aliphatic carbocycles. The van der Waals surface area contributed by atoms with E-state index >= 15 is 0 Å². The number of likely N-dealkylation sites (N-methyl/N-ethyl adjacent to an activating group) is 1. The number of aliphatic hydroxyl groups excluding tert-OH is 1. The van der Waals surface area contributed by atoms with Gasteiger partial charge in [-0.1, -0.05) is 18.2 Å². The van der Waals surface area contributed by atoms with E-state index in [1.54, 1.807) is 23.1 Å². The molecule has 3 nitrogen and oxygen atoms in total. The quantitative estimate of drug-likeness (QED) is 0.866. The molecule has 0 aliphatic heterocycles. The van der Waals surface area contributed by atoms with E-state index in [9.17, 15) is 9.18 Å². The molecule has 0 heterocycles. The minimum absolute atomic E-state index is 0.00597. The monoisotopic (exact) mass is 251 g/mol. The Labute approximate surface area is 106 Å². The van der Waals surface area contributed by atoms with Crippen molar-refractivity contribution in [3.8, 4) is 0 Å². The molecule has 1 amide bonds. The fourth-order valence-electron chi connectivity index (χ4n) is 2.37. The molecule has 1 fully saturated rings. The van der Waals surface area contributed by atoms with Gasteiger partial charge < -0.3 is 10.0 Å². The molecule has 2 rings (SSSR count). The topological polar surface area (TPSA) is 40.5 Å². The Balaban J connectivity index is 2.03. The maximum Gasteiger partial charge on any atom is 0.226 e. The van der Waals surface area contributed by atoms with Crippen LogP contribution in [0.25, 0.3) is 0 Å². The van der Waals surface area contributed by atoms with Gasteiger partial charge in [0.1, 0.15) is 5.82 Å². The molecule has 2 unspecified atom stereocenters.